The number of hydrogen-bond acceptors (Lipinski definition) is 5. The number of rotatable bonds is 5. The summed E-state index contributed by atoms with van der Waals surface area (Å²) in [6, 6.07) is 1.85. The van der Waals surface area contributed by atoms with Crippen LogP contribution in [0.5, 0.6) is 0 Å². The van der Waals surface area contributed by atoms with Crippen molar-refractivity contribution in [3.05, 3.63) is 18.1 Å². The monoisotopic (exact) mass is 254 g/mol. The maximum Gasteiger partial charge on any atom is 0.132 e. The molecule has 0 amide bonds. The summed E-state index contributed by atoms with van der Waals surface area (Å²) in [7, 11) is 0. The first-order valence-corrected chi connectivity index (χ1v) is 7.03. The van der Waals surface area contributed by atoms with Gasteiger partial charge >= 0.3 is 0 Å². The van der Waals surface area contributed by atoms with Crippen LogP contribution >= 0.6 is 11.8 Å². The number of hydrogen-bond donors (Lipinski definition) is 2. The molecule has 5 heteroatoms. The van der Waals surface area contributed by atoms with Gasteiger partial charge in [-0.1, -0.05) is 12.8 Å². The fourth-order valence-electron chi connectivity index (χ4n) is 2.05. The van der Waals surface area contributed by atoms with Gasteiger partial charge in [-0.2, -0.15) is 0 Å². The molecule has 1 heterocycles. The summed E-state index contributed by atoms with van der Waals surface area (Å²) in [6.45, 7) is -0.201. The summed E-state index contributed by atoms with van der Waals surface area (Å²) in [5, 5.41) is 18.9. The maximum atomic E-state index is 9.29. The van der Waals surface area contributed by atoms with Crippen LogP contribution < -0.4 is 0 Å². The molecule has 0 aromatic carbocycles. The SMILES string of the molecule is OCC(O)CSc1ccnc(C2CCCC2)n1. The molecule has 94 valence electrons. The second-order valence-electron chi connectivity index (χ2n) is 4.38. The predicted octanol–water partition coefficient (Wildman–Crippen LogP) is 1.58. The van der Waals surface area contributed by atoms with E-state index in [0.29, 0.717) is 11.7 Å². The van der Waals surface area contributed by atoms with Gasteiger partial charge in [0, 0.05) is 17.9 Å². The molecular weight excluding hydrogens is 236 g/mol. The molecular formula is C12H18N2O2S. The van der Waals surface area contributed by atoms with Crippen molar-refractivity contribution in [3.8, 4) is 0 Å². The highest BCUT2D eigenvalue weighted by molar-refractivity contribution is 7.99. The van der Waals surface area contributed by atoms with Crippen molar-refractivity contribution in [1.29, 1.82) is 0 Å². The molecule has 2 rings (SSSR count). The molecule has 1 aliphatic rings. The number of thioether (sulfide) groups is 1. The Bertz CT molecular complexity index is 356. The van der Waals surface area contributed by atoms with Crippen LogP contribution in [0.15, 0.2) is 17.3 Å². The van der Waals surface area contributed by atoms with Crippen molar-refractivity contribution in [2.45, 2.75) is 42.7 Å². The molecule has 2 N–H and O–H groups in total. The van der Waals surface area contributed by atoms with Crippen LogP contribution in [0.1, 0.15) is 37.4 Å². The van der Waals surface area contributed by atoms with E-state index in [9.17, 15) is 5.11 Å². The lowest BCUT2D eigenvalue weighted by atomic mass is 10.1. The fraction of sp³-hybridized carbons (Fsp3) is 0.667. The standard InChI is InChI=1S/C12H18N2O2S/c15-7-10(16)8-17-11-5-6-13-12(14-11)9-3-1-2-4-9/h5-6,9-10,15-16H,1-4,7-8H2. The number of aromatic nitrogens is 2. The lowest BCUT2D eigenvalue weighted by Crippen LogP contribution is -2.14. The molecule has 1 aliphatic carbocycles. The van der Waals surface area contributed by atoms with Gasteiger partial charge in [-0.15, -0.1) is 11.8 Å². The Labute approximate surface area is 105 Å². The van der Waals surface area contributed by atoms with E-state index in [1.807, 2.05) is 6.07 Å². The van der Waals surface area contributed by atoms with Gasteiger partial charge in [0.15, 0.2) is 0 Å². The molecule has 0 saturated heterocycles. The van der Waals surface area contributed by atoms with E-state index in [4.69, 9.17) is 5.11 Å². The van der Waals surface area contributed by atoms with Crippen molar-refractivity contribution >= 4 is 11.8 Å². The first-order chi connectivity index (χ1) is 8.29. The third kappa shape index (κ3) is 3.66. The van der Waals surface area contributed by atoms with E-state index in [2.05, 4.69) is 9.97 Å². The van der Waals surface area contributed by atoms with Crippen molar-refractivity contribution in [2.24, 2.45) is 0 Å². The average Bonchev–Trinajstić information content (AvgIpc) is 2.90. The molecule has 0 spiro atoms. The molecule has 1 atom stereocenters. The highest BCUT2D eigenvalue weighted by atomic mass is 32.2. The molecule has 0 bridgehead atoms. The summed E-state index contributed by atoms with van der Waals surface area (Å²) < 4.78 is 0. The Morgan fingerprint density at radius 1 is 1.41 bits per heavy atom. The second-order valence-corrected chi connectivity index (χ2v) is 5.42. The van der Waals surface area contributed by atoms with Crippen LogP contribution in [0.4, 0.5) is 0 Å². The fourth-order valence-corrected chi connectivity index (χ4v) is 2.84. The third-order valence-electron chi connectivity index (χ3n) is 3.00. The third-order valence-corrected chi connectivity index (χ3v) is 4.08. The van der Waals surface area contributed by atoms with Gasteiger partial charge in [-0.25, -0.2) is 9.97 Å². The van der Waals surface area contributed by atoms with Gasteiger partial charge in [-0.3, -0.25) is 0 Å². The Hall–Kier alpha value is -0.650. The summed E-state index contributed by atoms with van der Waals surface area (Å²) in [5.41, 5.74) is 0. The number of aliphatic hydroxyl groups is 2. The minimum Gasteiger partial charge on any atom is -0.394 e. The summed E-state index contributed by atoms with van der Waals surface area (Å²) in [4.78, 5) is 8.85. The minimum atomic E-state index is -0.676. The second kappa shape index (κ2) is 6.33. The largest absolute Gasteiger partial charge is 0.394 e. The maximum absolute atomic E-state index is 9.29. The zero-order chi connectivity index (χ0) is 12.1. The molecule has 17 heavy (non-hydrogen) atoms. The smallest absolute Gasteiger partial charge is 0.132 e. The minimum absolute atomic E-state index is 0.201. The molecule has 1 aromatic rings. The Morgan fingerprint density at radius 2 is 2.18 bits per heavy atom. The summed E-state index contributed by atoms with van der Waals surface area (Å²) in [5.74, 6) is 1.92. The first kappa shape index (κ1) is 12.8. The van der Waals surface area contributed by atoms with Gasteiger partial charge in [0.05, 0.1) is 17.7 Å². The molecule has 0 radical (unpaired) electrons. The molecule has 1 aromatic heterocycles. The predicted molar refractivity (Wildman–Crippen MR) is 67.1 cm³/mol. The Morgan fingerprint density at radius 3 is 2.88 bits per heavy atom. The number of nitrogens with zero attached hydrogens (tertiary/aromatic N) is 2. The van der Waals surface area contributed by atoms with Crippen molar-refractivity contribution in [1.82, 2.24) is 9.97 Å². The topological polar surface area (TPSA) is 66.2 Å². The van der Waals surface area contributed by atoms with Gasteiger partial charge < -0.3 is 10.2 Å². The van der Waals surface area contributed by atoms with Crippen molar-refractivity contribution < 1.29 is 10.2 Å². The Kier molecular flexibility index (Phi) is 4.76. The van der Waals surface area contributed by atoms with Crippen LogP contribution in [0.25, 0.3) is 0 Å². The molecule has 4 nitrogen and oxygen atoms in total. The summed E-state index contributed by atoms with van der Waals surface area (Å²) in [6.07, 6.45) is 6.03. The Balaban J connectivity index is 1.96. The van der Waals surface area contributed by atoms with Crippen LogP contribution in [0.3, 0.4) is 0 Å². The van der Waals surface area contributed by atoms with Crippen LogP contribution in [-0.4, -0.2) is 38.6 Å². The summed E-state index contributed by atoms with van der Waals surface area (Å²) >= 11 is 1.46. The molecule has 0 aliphatic heterocycles. The lowest BCUT2D eigenvalue weighted by molar-refractivity contribution is 0.113. The number of aliphatic hydroxyl groups excluding tert-OH is 2. The first-order valence-electron chi connectivity index (χ1n) is 6.04. The van der Waals surface area contributed by atoms with Crippen molar-refractivity contribution in [3.63, 3.8) is 0 Å². The normalized spacial score (nSPS) is 18.5. The molecule has 1 fully saturated rings. The van der Waals surface area contributed by atoms with Crippen LogP contribution in [-0.2, 0) is 0 Å². The van der Waals surface area contributed by atoms with Gasteiger partial charge in [0.1, 0.15) is 5.82 Å². The van der Waals surface area contributed by atoms with Crippen molar-refractivity contribution in [2.75, 3.05) is 12.4 Å². The zero-order valence-electron chi connectivity index (χ0n) is 9.75. The molecule has 1 saturated carbocycles. The van der Waals surface area contributed by atoms with Crippen LogP contribution in [0.2, 0.25) is 0 Å². The van der Waals surface area contributed by atoms with Gasteiger partial charge in [0.2, 0.25) is 0 Å². The van der Waals surface area contributed by atoms with E-state index in [1.165, 1.54) is 37.4 Å². The quantitative estimate of drug-likeness (QED) is 0.617. The van der Waals surface area contributed by atoms with E-state index < -0.39 is 6.10 Å². The lowest BCUT2D eigenvalue weighted by Gasteiger charge is -2.09. The highest BCUT2D eigenvalue weighted by Gasteiger charge is 2.19. The molecule has 1 unspecified atom stereocenters. The van der Waals surface area contributed by atoms with Gasteiger partial charge in [0.25, 0.3) is 0 Å². The van der Waals surface area contributed by atoms with E-state index in [-0.39, 0.29) is 6.61 Å². The van der Waals surface area contributed by atoms with Gasteiger partial charge in [-0.05, 0) is 18.9 Å². The van der Waals surface area contributed by atoms with E-state index >= 15 is 0 Å². The van der Waals surface area contributed by atoms with E-state index in [1.54, 1.807) is 6.20 Å². The average molecular weight is 254 g/mol. The van der Waals surface area contributed by atoms with E-state index in [0.717, 1.165) is 10.9 Å². The highest BCUT2D eigenvalue weighted by Crippen LogP contribution is 2.32. The van der Waals surface area contributed by atoms with Crippen LogP contribution in [0, 0.1) is 0 Å². The zero-order valence-corrected chi connectivity index (χ0v) is 10.6.